The number of hydrogen-bond donors (Lipinski definition) is 1. The minimum atomic E-state index is 0.542. The van der Waals surface area contributed by atoms with Crippen molar-refractivity contribution < 1.29 is 0 Å². The number of fused-ring (bicyclic) bond motifs is 1. The van der Waals surface area contributed by atoms with Gasteiger partial charge in [-0.3, -0.25) is 0 Å². The molecule has 2 nitrogen and oxygen atoms in total. The quantitative estimate of drug-likeness (QED) is 0.840. The van der Waals surface area contributed by atoms with Crippen LogP contribution in [0.4, 0.5) is 0 Å². The fraction of sp³-hybridized carbons (Fsp3) is 0.600. The van der Waals surface area contributed by atoms with Crippen LogP contribution in [-0.4, -0.2) is 31.1 Å². The molecule has 0 saturated carbocycles. The molecule has 2 heterocycles. The van der Waals surface area contributed by atoms with Gasteiger partial charge in [0.2, 0.25) is 0 Å². The maximum Gasteiger partial charge on any atom is 0.0452 e. The van der Waals surface area contributed by atoms with Gasteiger partial charge in [-0.1, -0.05) is 31.2 Å². The zero-order valence-corrected chi connectivity index (χ0v) is 10.7. The number of likely N-dealkylation sites (tertiary alicyclic amines) is 1. The zero-order chi connectivity index (χ0) is 11.7. The van der Waals surface area contributed by atoms with Crippen LogP contribution in [0.15, 0.2) is 24.3 Å². The van der Waals surface area contributed by atoms with E-state index >= 15 is 0 Å². The Labute approximate surface area is 104 Å². The maximum absolute atomic E-state index is 3.71. The van der Waals surface area contributed by atoms with Crippen molar-refractivity contribution in [3.05, 3.63) is 35.4 Å². The normalized spacial score (nSPS) is 29.2. The lowest BCUT2D eigenvalue weighted by Crippen LogP contribution is -2.39. The third-order valence-electron chi connectivity index (χ3n) is 4.21. The molecule has 0 aromatic heterocycles. The van der Waals surface area contributed by atoms with Crippen LogP contribution in [0.5, 0.6) is 0 Å². The van der Waals surface area contributed by atoms with Crippen LogP contribution in [0.2, 0.25) is 0 Å². The van der Waals surface area contributed by atoms with Gasteiger partial charge in [-0.05, 0) is 43.0 Å². The van der Waals surface area contributed by atoms with E-state index in [1.165, 1.54) is 38.0 Å². The Hall–Kier alpha value is -0.860. The summed E-state index contributed by atoms with van der Waals surface area (Å²) in [5.74, 6) is 0.654. The average Bonchev–Trinajstić information content (AvgIpc) is 2.86. The van der Waals surface area contributed by atoms with Gasteiger partial charge in [-0.25, -0.2) is 0 Å². The molecule has 1 aromatic rings. The van der Waals surface area contributed by atoms with Crippen LogP contribution in [0, 0.1) is 0 Å². The number of nitrogens with one attached hydrogen (secondary N) is 1. The van der Waals surface area contributed by atoms with Crippen molar-refractivity contribution in [2.75, 3.05) is 26.2 Å². The van der Waals surface area contributed by atoms with Crippen molar-refractivity contribution in [3.8, 4) is 0 Å². The van der Waals surface area contributed by atoms with E-state index in [2.05, 4.69) is 41.4 Å². The molecule has 2 atom stereocenters. The van der Waals surface area contributed by atoms with Crippen LogP contribution >= 0.6 is 0 Å². The summed E-state index contributed by atoms with van der Waals surface area (Å²) in [4.78, 5) is 2.60. The highest BCUT2D eigenvalue weighted by Gasteiger charge is 2.26. The highest BCUT2D eigenvalue weighted by Crippen LogP contribution is 2.30. The second kappa shape index (κ2) is 4.79. The number of rotatable bonds is 2. The molecule has 2 aliphatic heterocycles. The molecule has 2 aliphatic rings. The second-order valence-corrected chi connectivity index (χ2v) is 5.50. The van der Waals surface area contributed by atoms with Gasteiger partial charge in [-0.2, -0.15) is 0 Å². The fourth-order valence-electron chi connectivity index (χ4n) is 3.20. The first kappa shape index (κ1) is 11.2. The lowest BCUT2D eigenvalue weighted by molar-refractivity contribution is 0.283. The molecule has 0 spiro atoms. The van der Waals surface area contributed by atoms with Gasteiger partial charge in [0.05, 0.1) is 0 Å². The van der Waals surface area contributed by atoms with Crippen LogP contribution in [0.3, 0.4) is 0 Å². The summed E-state index contributed by atoms with van der Waals surface area (Å²) in [6.45, 7) is 7.20. The van der Waals surface area contributed by atoms with E-state index in [4.69, 9.17) is 0 Å². The summed E-state index contributed by atoms with van der Waals surface area (Å²) in [6.07, 6.45) is 2.76. The van der Waals surface area contributed by atoms with E-state index in [1.54, 1.807) is 5.56 Å². The highest BCUT2D eigenvalue weighted by molar-refractivity contribution is 5.35. The topological polar surface area (TPSA) is 15.3 Å². The van der Waals surface area contributed by atoms with Gasteiger partial charge in [-0.15, -0.1) is 0 Å². The van der Waals surface area contributed by atoms with Crippen molar-refractivity contribution in [2.24, 2.45) is 0 Å². The molecular weight excluding hydrogens is 208 g/mol. The van der Waals surface area contributed by atoms with Crippen molar-refractivity contribution in [2.45, 2.75) is 31.7 Å². The first-order chi connectivity index (χ1) is 8.34. The first-order valence-electron chi connectivity index (χ1n) is 6.89. The van der Waals surface area contributed by atoms with Crippen molar-refractivity contribution in [1.29, 1.82) is 0 Å². The standard InChI is InChI=1S/C15H22N2/c1-12-10-16-15(11-17-8-4-5-9-17)14-7-3-2-6-13(12)14/h2-3,6-7,12,15-16H,4-5,8-11H2,1H3/t12-,15-/m1/s1. The van der Waals surface area contributed by atoms with Crippen molar-refractivity contribution in [1.82, 2.24) is 10.2 Å². The zero-order valence-electron chi connectivity index (χ0n) is 10.7. The molecule has 1 aromatic carbocycles. The highest BCUT2D eigenvalue weighted by atomic mass is 15.2. The molecule has 1 saturated heterocycles. The third-order valence-corrected chi connectivity index (χ3v) is 4.21. The monoisotopic (exact) mass is 230 g/mol. The summed E-state index contributed by atoms with van der Waals surface area (Å²) in [6, 6.07) is 9.50. The second-order valence-electron chi connectivity index (χ2n) is 5.50. The van der Waals surface area contributed by atoms with Crippen LogP contribution in [0.1, 0.15) is 42.9 Å². The van der Waals surface area contributed by atoms with E-state index in [-0.39, 0.29) is 0 Å². The van der Waals surface area contributed by atoms with E-state index in [0.29, 0.717) is 12.0 Å². The Morgan fingerprint density at radius 2 is 1.88 bits per heavy atom. The minimum Gasteiger partial charge on any atom is -0.308 e. The molecule has 92 valence electrons. The Morgan fingerprint density at radius 3 is 2.65 bits per heavy atom. The predicted octanol–water partition coefficient (Wildman–Crippen LogP) is 2.53. The van der Waals surface area contributed by atoms with Crippen molar-refractivity contribution in [3.63, 3.8) is 0 Å². The largest absolute Gasteiger partial charge is 0.308 e. The summed E-state index contributed by atoms with van der Waals surface area (Å²) in [5, 5.41) is 3.71. The van der Waals surface area contributed by atoms with Crippen LogP contribution in [-0.2, 0) is 0 Å². The summed E-state index contributed by atoms with van der Waals surface area (Å²) in [5.41, 5.74) is 3.08. The van der Waals surface area contributed by atoms with E-state index < -0.39 is 0 Å². The molecule has 0 unspecified atom stereocenters. The molecular formula is C15H22N2. The molecule has 0 radical (unpaired) electrons. The lowest BCUT2D eigenvalue weighted by atomic mass is 9.87. The van der Waals surface area contributed by atoms with Gasteiger partial charge >= 0.3 is 0 Å². The van der Waals surface area contributed by atoms with Gasteiger partial charge in [0, 0.05) is 19.1 Å². The molecule has 1 N–H and O–H groups in total. The van der Waals surface area contributed by atoms with E-state index in [0.717, 1.165) is 6.54 Å². The van der Waals surface area contributed by atoms with Gasteiger partial charge in [0.15, 0.2) is 0 Å². The predicted molar refractivity (Wildman–Crippen MR) is 71.3 cm³/mol. The van der Waals surface area contributed by atoms with Crippen LogP contribution < -0.4 is 5.32 Å². The van der Waals surface area contributed by atoms with Crippen LogP contribution in [0.25, 0.3) is 0 Å². The van der Waals surface area contributed by atoms with E-state index in [9.17, 15) is 0 Å². The molecule has 0 amide bonds. The fourth-order valence-corrected chi connectivity index (χ4v) is 3.20. The average molecular weight is 230 g/mol. The van der Waals surface area contributed by atoms with E-state index in [1.807, 2.05) is 0 Å². The Kier molecular flexibility index (Phi) is 3.17. The molecule has 0 bridgehead atoms. The molecule has 0 aliphatic carbocycles. The maximum atomic E-state index is 3.71. The lowest BCUT2D eigenvalue weighted by Gasteiger charge is -2.33. The molecule has 2 heteroatoms. The number of hydrogen-bond acceptors (Lipinski definition) is 2. The van der Waals surface area contributed by atoms with Gasteiger partial charge in [0.1, 0.15) is 0 Å². The summed E-state index contributed by atoms with van der Waals surface area (Å²) >= 11 is 0. The Balaban J connectivity index is 1.79. The van der Waals surface area contributed by atoms with Gasteiger partial charge < -0.3 is 10.2 Å². The van der Waals surface area contributed by atoms with Crippen molar-refractivity contribution >= 4 is 0 Å². The number of benzene rings is 1. The first-order valence-corrected chi connectivity index (χ1v) is 6.89. The SMILES string of the molecule is C[C@@H]1CN[C@H](CN2CCCC2)c2ccccc21. The summed E-state index contributed by atoms with van der Waals surface area (Å²) < 4.78 is 0. The summed E-state index contributed by atoms with van der Waals surface area (Å²) in [7, 11) is 0. The Bertz CT molecular complexity index is 382. The number of nitrogens with zero attached hydrogens (tertiary/aromatic N) is 1. The minimum absolute atomic E-state index is 0.542. The van der Waals surface area contributed by atoms with Gasteiger partial charge in [0.25, 0.3) is 0 Å². The third kappa shape index (κ3) is 2.24. The molecule has 1 fully saturated rings. The molecule has 17 heavy (non-hydrogen) atoms. The smallest absolute Gasteiger partial charge is 0.0452 e. The Morgan fingerprint density at radius 1 is 1.18 bits per heavy atom. The molecule has 3 rings (SSSR count).